The number of hydrogen-bond acceptors (Lipinski definition) is 2. The maximum Gasteiger partial charge on any atom is 0.130 e. The smallest absolute Gasteiger partial charge is 0.130 e. The lowest BCUT2D eigenvalue weighted by Crippen LogP contribution is -2.06. The molecule has 1 saturated carbocycles. The summed E-state index contributed by atoms with van der Waals surface area (Å²) in [5, 5.41) is 0. The maximum absolute atomic E-state index is 13.4. The van der Waals surface area contributed by atoms with Crippen LogP contribution >= 0.6 is 0 Å². The Morgan fingerprint density at radius 1 is 1.31 bits per heavy atom. The van der Waals surface area contributed by atoms with E-state index in [0.717, 1.165) is 6.61 Å². The van der Waals surface area contributed by atoms with Crippen LogP contribution in [0.25, 0.3) is 0 Å². The molecule has 0 radical (unpaired) electrons. The van der Waals surface area contributed by atoms with Crippen molar-refractivity contribution in [1.29, 1.82) is 0 Å². The van der Waals surface area contributed by atoms with Gasteiger partial charge in [0, 0.05) is 17.9 Å². The Hall–Kier alpha value is -1.09. The summed E-state index contributed by atoms with van der Waals surface area (Å²) in [5.41, 5.74) is 6.52. The van der Waals surface area contributed by atoms with Gasteiger partial charge < -0.3 is 10.5 Å². The molecule has 0 bridgehead atoms. The van der Waals surface area contributed by atoms with E-state index in [0.29, 0.717) is 23.8 Å². The Labute approximate surface area is 95.6 Å². The fourth-order valence-electron chi connectivity index (χ4n) is 2.19. The summed E-state index contributed by atoms with van der Waals surface area (Å²) in [6.07, 6.45) is 5.13. The van der Waals surface area contributed by atoms with Gasteiger partial charge in [-0.3, -0.25) is 0 Å². The third kappa shape index (κ3) is 2.95. The zero-order chi connectivity index (χ0) is 11.4. The molecule has 1 aromatic rings. The van der Waals surface area contributed by atoms with E-state index in [4.69, 9.17) is 10.5 Å². The minimum Gasteiger partial charge on any atom is -0.399 e. The van der Waals surface area contributed by atoms with Crippen molar-refractivity contribution in [1.82, 2.24) is 0 Å². The van der Waals surface area contributed by atoms with E-state index in [9.17, 15) is 4.39 Å². The Kier molecular flexibility index (Phi) is 3.78. The number of ether oxygens (including phenoxy) is 1. The van der Waals surface area contributed by atoms with Crippen LogP contribution in [0, 0.1) is 11.7 Å². The number of anilines is 1. The third-order valence-electron chi connectivity index (χ3n) is 3.16. The molecule has 0 aliphatic heterocycles. The van der Waals surface area contributed by atoms with Crippen molar-refractivity contribution < 1.29 is 9.13 Å². The van der Waals surface area contributed by atoms with E-state index < -0.39 is 0 Å². The molecule has 16 heavy (non-hydrogen) atoms. The normalized spacial score (nSPS) is 16.8. The molecule has 2 N–H and O–H groups in total. The highest BCUT2D eigenvalue weighted by atomic mass is 19.1. The number of nitrogens with two attached hydrogens (primary N) is 1. The van der Waals surface area contributed by atoms with Gasteiger partial charge in [-0.05, 0) is 30.9 Å². The molecule has 1 aromatic carbocycles. The highest BCUT2D eigenvalue weighted by Gasteiger charge is 2.15. The van der Waals surface area contributed by atoms with E-state index in [2.05, 4.69) is 0 Å². The van der Waals surface area contributed by atoms with Gasteiger partial charge in [-0.1, -0.05) is 18.9 Å². The van der Waals surface area contributed by atoms with E-state index >= 15 is 0 Å². The predicted molar refractivity (Wildman–Crippen MR) is 62.4 cm³/mol. The van der Waals surface area contributed by atoms with Crippen LogP contribution < -0.4 is 5.73 Å². The first-order chi connectivity index (χ1) is 7.75. The molecular weight excluding hydrogens is 205 g/mol. The van der Waals surface area contributed by atoms with Gasteiger partial charge in [-0.2, -0.15) is 0 Å². The van der Waals surface area contributed by atoms with E-state index in [1.54, 1.807) is 12.1 Å². The van der Waals surface area contributed by atoms with E-state index in [1.807, 2.05) is 0 Å². The molecule has 0 atom stereocenters. The van der Waals surface area contributed by atoms with Crippen molar-refractivity contribution in [3.8, 4) is 0 Å². The number of hydrogen-bond donors (Lipinski definition) is 1. The largest absolute Gasteiger partial charge is 0.399 e. The molecule has 2 rings (SSSR count). The van der Waals surface area contributed by atoms with Crippen LogP contribution in [0.5, 0.6) is 0 Å². The Balaban J connectivity index is 1.80. The van der Waals surface area contributed by atoms with Gasteiger partial charge in [0.25, 0.3) is 0 Å². The van der Waals surface area contributed by atoms with Crippen molar-refractivity contribution in [2.75, 3.05) is 12.3 Å². The fraction of sp³-hybridized carbons (Fsp3) is 0.538. The molecule has 0 spiro atoms. The van der Waals surface area contributed by atoms with Gasteiger partial charge in [0.05, 0.1) is 6.61 Å². The molecule has 3 heteroatoms. The lowest BCUT2D eigenvalue weighted by molar-refractivity contribution is 0.0870. The summed E-state index contributed by atoms with van der Waals surface area (Å²) in [6.45, 7) is 1.10. The molecule has 1 aliphatic carbocycles. The van der Waals surface area contributed by atoms with Crippen molar-refractivity contribution in [2.24, 2.45) is 5.92 Å². The molecule has 2 nitrogen and oxygen atoms in total. The van der Waals surface area contributed by atoms with Gasteiger partial charge >= 0.3 is 0 Å². The highest BCUT2D eigenvalue weighted by molar-refractivity contribution is 5.40. The Morgan fingerprint density at radius 2 is 2.06 bits per heavy atom. The summed E-state index contributed by atoms with van der Waals surface area (Å²) in [4.78, 5) is 0. The summed E-state index contributed by atoms with van der Waals surface area (Å²) in [5.74, 6) is 0.406. The van der Waals surface area contributed by atoms with Gasteiger partial charge in [0.2, 0.25) is 0 Å². The summed E-state index contributed by atoms with van der Waals surface area (Å²) in [7, 11) is 0. The third-order valence-corrected chi connectivity index (χ3v) is 3.16. The van der Waals surface area contributed by atoms with Gasteiger partial charge in [0.1, 0.15) is 5.82 Å². The molecule has 1 aliphatic rings. The van der Waals surface area contributed by atoms with Crippen molar-refractivity contribution in [3.63, 3.8) is 0 Å². The van der Waals surface area contributed by atoms with Crippen LogP contribution in [-0.2, 0) is 11.3 Å². The lowest BCUT2D eigenvalue weighted by atomic mass is 10.1. The minimum atomic E-state index is -0.272. The molecule has 88 valence electrons. The number of nitrogen functional groups attached to an aromatic ring is 1. The maximum atomic E-state index is 13.4. The molecule has 0 unspecified atom stereocenters. The number of rotatable bonds is 4. The quantitative estimate of drug-likeness (QED) is 0.796. The first kappa shape index (κ1) is 11.4. The summed E-state index contributed by atoms with van der Waals surface area (Å²) < 4.78 is 18.9. The first-order valence-corrected chi connectivity index (χ1v) is 5.87. The number of benzene rings is 1. The predicted octanol–water partition coefficient (Wildman–Crippen LogP) is 3.11. The molecule has 0 aromatic heterocycles. The van der Waals surface area contributed by atoms with Crippen LogP contribution in [0.15, 0.2) is 18.2 Å². The van der Waals surface area contributed by atoms with Crippen LogP contribution in [0.2, 0.25) is 0 Å². The summed E-state index contributed by atoms with van der Waals surface area (Å²) >= 11 is 0. The molecule has 0 saturated heterocycles. The summed E-state index contributed by atoms with van der Waals surface area (Å²) in [6, 6.07) is 4.74. The zero-order valence-electron chi connectivity index (χ0n) is 9.42. The second-order valence-corrected chi connectivity index (χ2v) is 4.52. The zero-order valence-corrected chi connectivity index (χ0v) is 9.42. The van der Waals surface area contributed by atoms with E-state index in [1.165, 1.54) is 31.7 Å². The van der Waals surface area contributed by atoms with Crippen LogP contribution in [0.3, 0.4) is 0 Å². The number of halogens is 1. The van der Waals surface area contributed by atoms with Crippen LogP contribution in [-0.4, -0.2) is 6.61 Å². The van der Waals surface area contributed by atoms with Crippen molar-refractivity contribution in [3.05, 3.63) is 29.6 Å². The SMILES string of the molecule is Nc1ccc(COCC2CCCC2)c(F)c1. The van der Waals surface area contributed by atoms with Gasteiger partial charge in [-0.25, -0.2) is 4.39 Å². The monoisotopic (exact) mass is 223 g/mol. The second-order valence-electron chi connectivity index (χ2n) is 4.52. The fourth-order valence-corrected chi connectivity index (χ4v) is 2.19. The Morgan fingerprint density at radius 3 is 2.75 bits per heavy atom. The van der Waals surface area contributed by atoms with Crippen molar-refractivity contribution >= 4 is 5.69 Å². The van der Waals surface area contributed by atoms with Crippen LogP contribution in [0.1, 0.15) is 31.2 Å². The molecular formula is C13H18FNO. The van der Waals surface area contributed by atoms with Crippen LogP contribution in [0.4, 0.5) is 10.1 Å². The average molecular weight is 223 g/mol. The Bertz CT molecular complexity index is 348. The average Bonchev–Trinajstić information content (AvgIpc) is 2.74. The van der Waals surface area contributed by atoms with Crippen molar-refractivity contribution in [2.45, 2.75) is 32.3 Å². The first-order valence-electron chi connectivity index (χ1n) is 5.87. The second kappa shape index (κ2) is 5.30. The standard InChI is InChI=1S/C13H18FNO/c14-13-7-12(15)6-5-11(13)9-16-8-10-3-1-2-4-10/h5-7,10H,1-4,8-9,15H2. The molecule has 0 amide bonds. The lowest BCUT2D eigenvalue weighted by Gasteiger charge is -2.10. The molecule has 0 heterocycles. The minimum absolute atomic E-state index is 0.272. The van der Waals surface area contributed by atoms with Gasteiger partial charge in [0.15, 0.2) is 0 Å². The topological polar surface area (TPSA) is 35.2 Å². The molecule has 1 fully saturated rings. The van der Waals surface area contributed by atoms with E-state index in [-0.39, 0.29) is 5.82 Å². The highest BCUT2D eigenvalue weighted by Crippen LogP contribution is 2.25. The van der Waals surface area contributed by atoms with Gasteiger partial charge in [-0.15, -0.1) is 0 Å².